The molecule has 0 bridgehead atoms. The van der Waals surface area contributed by atoms with Gasteiger partial charge in [-0.25, -0.2) is 8.42 Å². The molecule has 0 saturated carbocycles. The highest BCUT2D eigenvalue weighted by molar-refractivity contribution is 7.92. The van der Waals surface area contributed by atoms with Crippen LogP contribution in [0.15, 0.2) is 77.7 Å². The van der Waals surface area contributed by atoms with E-state index in [2.05, 4.69) is 5.32 Å². The summed E-state index contributed by atoms with van der Waals surface area (Å²) in [5.74, 6) is 0.228. The number of halogens is 1. The first-order valence-corrected chi connectivity index (χ1v) is 15.0. The molecule has 2 amide bonds. The van der Waals surface area contributed by atoms with Crippen molar-refractivity contribution >= 4 is 39.1 Å². The van der Waals surface area contributed by atoms with Crippen molar-refractivity contribution in [3.8, 4) is 11.5 Å². The number of methoxy groups -OCH3 is 2. The van der Waals surface area contributed by atoms with Crippen molar-refractivity contribution in [3.63, 3.8) is 0 Å². The molecule has 3 rings (SSSR count). The summed E-state index contributed by atoms with van der Waals surface area (Å²) >= 11 is 6.21. The van der Waals surface area contributed by atoms with Gasteiger partial charge in [-0.3, -0.25) is 13.9 Å². The largest absolute Gasteiger partial charge is 0.497 e. The van der Waals surface area contributed by atoms with Gasteiger partial charge in [-0.15, -0.1) is 0 Å². The molecule has 1 N–H and O–H groups in total. The van der Waals surface area contributed by atoms with Crippen LogP contribution < -0.4 is 19.1 Å². The van der Waals surface area contributed by atoms with Crippen LogP contribution in [0.4, 0.5) is 5.69 Å². The van der Waals surface area contributed by atoms with Crippen LogP contribution >= 0.6 is 11.6 Å². The van der Waals surface area contributed by atoms with Gasteiger partial charge in [0, 0.05) is 17.6 Å². The first-order chi connectivity index (χ1) is 19.5. The van der Waals surface area contributed by atoms with Gasteiger partial charge in [-0.1, -0.05) is 36.7 Å². The molecule has 220 valence electrons. The first-order valence-electron chi connectivity index (χ1n) is 13.1. The SMILES string of the molecule is CCC(C)NC(=O)C(C)N(Cc1ccc(OC)cc1)C(=O)CN(c1cccc(Cl)c1)S(=O)(=O)c1ccc(OC)cc1. The van der Waals surface area contributed by atoms with E-state index in [9.17, 15) is 18.0 Å². The molecule has 3 aromatic rings. The van der Waals surface area contributed by atoms with Gasteiger partial charge >= 0.3 is 0 Å². The lowest BCUT2D eigenvalue weighted by atomic mass is 10.1. The van der Waals surface area contributed by atoms with E-state index in [0.29, 0.717) is 22.9 Å². The van der Waals surface area contributed by atoms with Gasteiger partial charge in [0.1, 0.15) is 24.1 Å². The summed E-state index contributed by atoms with van der Waals surface area (Å²) in [4.78, 5) is 28.5. The molecule has 0 aromatic heterocycles. The Balaban J connectivity index is 2.02. The summed E-state index contributed by atoms with van der Waals surface area (Å²) in [7, 11) is -1.18. The number of nitrogens with zero attached hydrogens (tertiary/aromatic N) is 2. The molecule has 0 aliphatic carbocycles. The van der Waals surface area contributed by atoms with Gasteiger partial charge in [0.2, 0.25) is 11.8 Å². The Hall–Kier alpha value is -3.76. The molecular formula is C30H36ClN3O6S. The molecule has 2 unspecified atom stereocenters. The van der Waals surface area contributed by atoms with E-state index in [1.165, 1.54) is 42.3 Å². The number of carbonyl (C=O) groups is 2. The predicted octanol–water partition coefficient (Wildman–Crippen LogP) is 4.88. The van der Waals surface area contributed by atoms with Crippen LogP contribution in [0.3, 0.4) is 0 Å². The van der Waals surface area contributed by atoms with E-state index < -0.39 is 28.5 Å². The van der Waals surface area contributed by atoms with Crippen molar-refractivity contribution in [2.24, 2.45) is 0 Å². The molecule has 0 radical (unpaired) electrons. The topological polar surface area (TPSA) is 105 Å². The normalized spacial score (nSPS) is 12.6. The highest BCUT2D eigenvalue weighted by Gasteiger charge is 2.33. The molecule has 11 heteroatoms. The summed E-state index contributed by atoms with van der Waals surface area (Å²) in [5.41, 5.74) is 0.956. The van der Waals surface area contributed by atoms with E-state index in [-0.39, 0.29) is 29.1 Å². The quantitative estimate of drug-likeness (QED) is 0.299. The fourth-order valence-corrected chi connectivity index (χ4v) is 5.60. The van der Waals surface area contributed by atoms with Gasteiger partial charge in [-0.05, 0) is 80.4 Å². The highest BCUT2D eigenvalue weighted by Crippen LogP contribution is 2.28. The average molecular weight is 602 g/mol. The summed E-state index contributed by atoms with van der Waals surface area (Å²) in [6, 6.07) is 18.3. The van der Waals surface area contributed by atoms with E-state index in [0.717, 1.165) is 9.87 Å². The zero-order valence-corrected chi connectivity index (χ0v) is 25.4. The Morgan fingerprint density at radius 2 is 1.51 bits per heavy atom. The van der Waals surface area contributed by atoms with Crippen molar-refractivity contribution in [1.29, 1.82) is 0 Å². The fourth-order valence-electron chi connectivity index (χ4n) is 4.01. The van der Waals surface area contributed by atoms with Crippen molar-refractivity contribution in [2.75, 3.05) is 25.1 Å². The molecule has 9 nitrogen and oxygen atoms in total. The number of benzene rings is 3. The van der Waals surface area contributed by atoms with Crippen LogP contribution in [0.5, 0.6) is 11.5 Å². The van der Waals surface area contributed by atoms with Gasteiger partial charge in [0.15, 0.2) is 0 Å². The molecule has 2 atom stereocenters. The number of nitrogens with one attached hydrogen (secondary N) is 1. The minimum atomic E-state index is -4.22. The van der Waals surface area contributed by atoms with Gasteiger partial charge in [0.25, 0.3) is 10.0 Å². The van der Waals surface area contributed by atoms with Gasteiger partial charge in [0.05, 0.1) is 24.8 Å². The number of carbonyl (C=O) groups excluding carboxylic acids is 2. The number of anilines is 1. The van der Waals surface area contributed by atoms with Crippen LogP contribution in [-0.2, 0) is 26.2 Å². The standard InChI is InChI=1S/C30H36ClN3O6S/c1-6-21(2)32-30(36)22(3)33(19-23-10-12-26(39-4)13-11-23)29(35)20-34(25-9-7-8-24(31)18-25)41(37,38)28-16-14-27(40-5)15-17-28/h7-18,21-22H,6,19-20H2,1-5H3,(H,32,36). The average Bonchev–Trinajstić information content (AvgIpc) is 2.98. The van der Waals surface area contributed by atoms with Gasteiger partial charge < -0.3 is 19.7 Å². The molecule has 0 spiro atoms. The maximum Gasteiger partial charge on any atom is 0.264 e. The third-order valence-corrected chi connectivity index (χ3v) is 8.73. The van der Waals surface area contributed by atoms with E-state index in [1.807, 2.05) is 13.8 Å². The Morgan fingerprint density at radius 1 is 0.927 bits per heavy atom. The van der Waals surface area contributed by atoms with Crippen molar-refractivity contribution in [2.45, 2.75) is 50.7 Å². The van der Waals surface area contributed by atoms with E-state index >= 15 is 0 Å². The van der Waals surface area contributed by atoms with Crippen LogP contribution in [0.25, 0.3) is 0 Å². The molecule has 3 aromatic carbocycles. The smallest absolute Gasteiger partial charge is 0.264 e. The fraction of sp³-hybridized carbons (Fsp3) is 0.333. The number of rotatable bonds is 13. The minimum Gasteiger partial charge on any atom is -0.497 e. The van der Waals surface area contributed by atoms with Gasteiger partial charge in [-0.2, -0.15) is 0 Å². The van der Waals surface area contributed by atoms with E-state index in [4.69, 9.17) is 21.1 Å². The minimum absolute atomic E-state index is 0.0321. The number of sulfonamides is 1. The molecule has 0 aliphatic rings. The second-order valence-electron chi connectivity index (χ2n) is 9.53. The number of hydrogen-bond acceptors (Lipinski definition) is 6. The van der Waals surface area contributed by atoms with E-state index in [1.54, 1.807) is 56.5 Å². The molecule has 0 aliphatic heterocycles. The monoisotopic (exact) mass is 601 g/mol. The Labute approximate surface area is 247 Å². The van der Waals surface area contributed by atoms with Crippen LogP contribution in [0.2, 0.25) is 5.02 Å². The molecule has 41 heavy (non-hydrogen) atoms. The first kappa shape index (κ1) is 31.8. The second-order valence-corrected chi connectivity index (χ2v) is 11.8. The van der Waals surface area contributed by atoms with Crippen LogP contribution in [-0.4, -0.2) is 58.0 Å². The maximum absolute atomic E-state index is 14.0. The number of amides is 2. The Morgan fingerprint density at radius 3 is 2.05 bits per heavy atom. The summed E-state index contributed by atoms with van der Waals surface area (Å²) in [6.07, 6.45) is 0.716. The molecule has 0 saturated heterocycles. The van der Waals surface area contributed by atoms with Crippen molar-refractivity contribution in [1.82, 2.24) is 10.2 Å². The number of hydrogen-bond donors (Lipinski definition) is 1. The number of ether oxygens (including phenoxy) is 2. The summed E-state index contributed by atoms with van der Waals surface area (Å²) in [5, 5.41) is 3.22. The van der Waals surface area contributed by atoms with Crippen molar-refractivity contribution < 1.29 is 27.5 Å². The second kappa shape index (κ2) is 14.2. The highest BCUT2D eigenvalue weighted by atomic mass is 35.5. The third kappa shape index (κ3) is 8.14. The lowest BCUT2D eigenvalue weighted by molar-refractivity contribution is -0.139. The zero-order valence-electron chi connectivity index (χ0n) is 23.8. The lowest BCUT2D eigenvalue weighted by Crippen LogP contribution is -2.52. The lowest BCUT2D eigenvalue weighted by Gasteiger charge is -2.32. The Kier molecular flexibility index (Phi) is 11.0. The molecular weight excluding hydrogens is 566 g/mol. The van der Waals surface area contributed by atoms with Crippen LogP contribution in [0.1, 0.15) is 32.8 Å². The zero-order chi connectivity index (χ0) is 30.2. The summed E-state index contributed by atoms with van der Waals surface area (Å²) < 4.78 is 39.2. The Bertz CT molecular complexity index is 1430. The summed E-state index contributed by atoms with van der Waals surface area (Å²) in [6.45, 7) is 4.96. The predicted molar refractivity (Wildman–Crippen MR) is 160 cm³/mol. The maximum atomic E-state index is 14.0. The molecule has 0 heterocycles. The van der Waals surface area contributed by atoms with Crippen LogP contribution in [0, 0.1) is 0 Å². The molecule has 0 fully saturated rings. The third-order valence-electron chi connectivity index (χ3n) is 6.70. The van der Waals surface area contributed by atoms with Crippen molar-refractivity contribution in [3.05, 3.63) is 83.4 Å².